The number of rotatable bonds is 4. The Labute approximate surface area is 314 Å². The molecule has 0 heterocycles. The first-order chi connectivity index (χ1) is 26.8. The van der Waals surface area contributed by atoms with Crippen molar-refractivity contribution in [3.8, 4) is 33.4 Å². The standard InChI is InChI=1S/C53H33N/c1-2-14-34(15-3-1)38-18-7-11-26-47(38)54(48-33-31-37-29-28-35-16-12-17-36-30-32-42(48)51(37)50(35)36)49-27-13-25-46-52(49)41-21-6-10-24-45(41)53(46)43-22-8-4-19-39(43)40-20-5-9-23-44(40)53/h1-33H. The van der Waals surface area contributed by atoms with Gasteiger partial charge in [-0.05, 0) is 89.6 Å². The highest BCUT2D eigenvalue weighted by Gasteiger charge is 2.52. The molecule has 2 aliphatic carbocycles. The molecule has 1 spiro atoms. The second kappa shape index (κ2) is 11.0. The first-order valence-corrected chi connectivity index (χ1v) is 18.9. The van der Waals surface area contributed by atoms with E-state index in [9.17, 15) is 0 Å². The Hall–Kier alpha value is -6.96. The topological polar surface area (TPSA) is 3.24 Å². The van der Waals surface area contributed by atoms with Crippen molar-refractivity contribution in [2.24, 2.45) is 0 Å². The fraction of sp³-hybridized carbons (Fsp3) is 0.0189. The summed E-state index contributed by atoms with van der Waals surface area (Å²) >= 11 is 0. The zero-order valence-corrected chi connectivity index (χ0v) is 29.5. The molecule has 250 valence electrons. The Morgan fingerprint density at radius 2 is 0.796 bits per heavy atom. The van der Waals surface area contributed by atoms with E-state index in [1.807, 2.05) is 0 Å². The van der Waals surface area contributed by atoms with E-state index < -0.39 is 5.41 Å². The van der Waals surface area contributed by atoms with Crippen LogP contribution in [0.1, 0.15) is 22.3 Å². The summed E-state index contributed by atoms with van der Waals surface area (Å²) in [7, 11) is 0. The van der Waals surface area contributed by atoms with E-state index >= 15 is 0 Å². The Morgan fingerprint density at radius 3 is 1.52 bits per heavy atom. The number of para-hydroxylation sites is 1. The number of benzene rings is 10. The van der Waals surface area contributed by atoms with Crippen molar-refractivity contribution in [2.75, 3.05) is 4.90 Å². The molecule has 0 bridgehead atoms. The maximum Gasteiger partial charge on any atom is 0.0726 e. The van der Waals surface area contributed by atoms with Crippen molar-refractivity contribution in [3.05, 3.63) is 222 Å². The summed E-state index contributed by atoms with van der Waals surface area (Å²) < 4.78 is 0. The van der Waals surface area contributed by atoms with Crippen LogP contribution in [0, 0.1) is 0 Å². The van der Waals surface area contributed by atoms with Crippen molar-refractivity contribution < 1.29 is 0 Å². The SMILES string of the molecule is c1ccc(-c2ccccc2N(c2cccc3c2-c2ccccc2C32c3ccccc3-c3ccccc32)c2ccc3ccc4cccc5ccc2c3c45)cc1. The molecule has 0 saturated heterocycles. The monoisotopic (exact) mass is 683 g/mol. The van der Waals surface area contributed by atoms with Gasteiger partial charge in [-0.2, -0.15) is 0 Å². The Kier molecular flexibility index (Phi) is 6.04. The van der Waals surface area contributed by atoms with E-state index in [1.54, 1.807) is 0 Å². The molecule has 0 radical (unpaired) electrons. The van der Waals surface area contributed by atoms with E-state index in [2.05, 4.69) is 205 Å². The van der Waals surface area contributed by atoms with Gasteiger partial charge in [0.2, 0.25) is 0 Å². The van der Waals surface area contributed by atoms with Gasteiger partial charge in [0.25, 0.3) is 0 Å². The maximum atomic E-state index is 2.57. The molecule has 0 unspecified atom stereocenters. The third-order valence-corrected chi connectivity index (χ3v) is 12.2. The van der Waals surface area contributed by atoms with Crippen molar-refractivity contribution in [2.45, 2.75) is 5.41 Å². The van der Waals surface area contributed by atoms with Crippen LogP contribution in [0.15, 0.2) is 200 Å². The van der Waals surface area contributed by atoms with E-state index in [4.69, 9.17) is 0 Å². The lowest BCUT2D eigenvalue weighted by Gasteiger charge is -2.33. The molecule has 12 rings (SSSR count). The molecule has 0 N–H and O–H groups in total. The predicted molar refractivity (Wildman–Crippen MR) is 227 cm³/mol. The molecule has 0 amide bonds. The summed E-state index contributed by atoms with van der Waals surface area (Å²) in [5.41, 5.74) is 16.1. The van der Waals surface area contributed by atoms with Crippen molar-refractivity contribution in [1.82, 2.24) is 0 Å². The molecule has 10 aromatic rings. The second-order valence-corrected chi connectivity index (χ2v) is 14.7. The van der Waals surface area contributed by atoms with Crippen molar-refractivity contribution in [1.29, 1.82) is 0 Å². The van der Waals surface area contributed by atoms with Crippen molar-refractivity contribution in [3.63, 3.8) is 0 Å². The fourth-order valence-electron chi connectivity index (χ4n) is 10.1. The van der Waals surface area contributed by atoms with Crippen LogP contribution < -0.4 is 4.90 Å². The first-order valence-electron chi connectivity index (χ1n) is 18.9. The van der Waals surface area contributed by atoms with Crippen LogP contribution in [0.5, 0.6) is 0 Å². The van der Waals surface area contributed by atoms with E-state index in [0.29, 0.717) is 0 Å². The van der Waals surface area contributed by atoms with Crippen LogP contribution in [-0.2, 0) is 5.41 Å². The smallest absolute Gasteiger partial charge is 0.0726 e. The Bertz CT molecular complexity index is 3060. The van der Waals surface area contributed by atoms with Gasteiger partial charge in [-0.1, -0.05) is 182 Å². The van der Waals surface area contributed by atoms with Gasteiger partial charge in [0, 0.05) is 16.5 Å². The lowest BCUT2D eigenvalue weighted by atomic mass is 9.70. The zero-order valence-electron chi connectivity index (χ0n) is 29.5. The normalized spacial score (nSPS) is 13.3. The number of anilines is 3. The van der Waals surface area contributed by atoms with Gasteiger partial charge in [-0.15, -0.1) is 0 Å². The van der Waals surface area contributed by atoms with E-state index in [0.717, 1.165) is 5.69 Å². The first kappa shape index (κ1) is 29.6. The molecule has 2 aliphatic rings. The number of fused-ring (bicyclic) bond motifs is 10. The summed E-state index contributed by atoms with van der Waals surface area (Å²) in [6.45, 7) is 0. The Morgan fingerprint density at radius 1 is 0.296 bits per heavy atom. The van der Waals surface area contributed by atoms with Gasteiger partial charge in [-0.3, -0.25) is 0 Å². The average molecular weight is 684 g/mol. The molecule has 0 saturated carbocycles. The molecular weight excluding hydrogens is 651 g/mol. The third kappa shape index (κ3) is 3.78. The molecular formula is C53H33N. The predicted octanol–water partition coefficient (Wildman–Crippen LogP) is 14.1. The highest BCUT2D eigenvalue weighted by molar-refractivity contribution is 6.26. The number of hydrogen-bond donors (Lipinski definition) is 0. The van der Waals surface area contributed by atoms with Crippen LogP contribution >= 0.6 is 0 Å². The minimum atomic E-state index is -0.428. The van der Waals surface area contributed by atoms with Crippen LogP contribution in [0.2, 0.25) is 0 Å². The molecule has 0 atom stereocenters. The molecule has 0 aromatic heterocycles. The number of nitrogens with zero attached hydrogens (tertiary/aromatic N) is 1. The van der Waals surface area contributed by atoms with Crippen LogP contribution in [-0.4, -0.2) is 0 Å². The second-order valence-electron chi connectivity index (χ2n) is 14.7. The largest absolute Gasteiger partial charge is 0.309 e. The minimum absolute atomic E-state index is 0.428. The third-order valence-electron chi connectivity index (χ3n) is 12.2. The van der Waals surface area contributed by atoms with Crippen LogP contribution in [0.4, 0.5) is 17.1 Å². The summed E-state index contributed by atoms with van der Waals surface area (Å²) in [6, 6.07) is 74.6. The molecule has 1 heteroatoms. The highest BCUT2D eigenvalue weighted by Crippen LogP contribution is 2.65. The van der Waals surface area contributed by atoms with Crippen LogP contribution in [0.3, 0.4) is 0 Å². The van der Waals surface area contributed by atoms with E-state index in [-0.39, 0.29) is 0 Å². The molecule has 10 aromatic carbocycles. The van der Waals surface area contributed by atoms with Gasteiger partial charge in [0.1, 0.15) is 0 Å². The van der Waals surface area contributed by atoms with Gasteiger partial charge >= 0.3 is 0 Å². The maximum absolute atomic E-state index is 2.57. The van der Waals surface area contributed by atoms with Crippen molar-refractivity contribution >= 4 is 49.4 Å². The molecule has 0 aliphatic heterocycles. The molecule has 1 nitrogen and oxygen atoms in total. The van der Waals surface area contributed by atoms with Gasteiger partial charge in [0.15, 0.2) is 0 Å². The summed E-state index contributed by atoms with van der Waals surface area (Å²) in [5.74, 6) is 0. The van der Waals surface area contributed by atoms with Gasteiger partial charge in [0.05, 0.1) is 22.5 Å². The lowest BCUT2D eigenvalue weighted by Crippen LogP contribution is -2.26. The summed E-state index contributed by atoms with van der Waals surface area (Å²) in [6.07, 6.45) is 0. The fourth-order valence-corrected chi connectivity index (χ4v) is 10.1. The van der Waals surface area contributed by atoms with Gasteiger partial charge in [-0.25, -0.2) is 0 Å². The quantitative estimate of drug-likeness (QED) is 0.167. The molecule has 0 fully saturated rings. The van der Waals surface area contributed by atoms with E-state index in [1.165, 1.54) is 99.3 Å². The number of hydrogen-bond acceptors (Lipinski definition) is 1. The highest BCUT2D eigenvalue weighted by atomic mass is 15.1. The summed E-state index contributed by atoms with van der Waals surface area (Å²) in [5, 5.41) is 7.69. The van der Waals surface area contributed by atoms with Gasteiger partial charge < -0.3 is 4.90 Å². The average Bonchev–Trinajstić information content (AvgIpc) is 3.72. The Balaban J connectivity index is 1.23. The lowest BCUT2D eigenvalue weighted by molar-refractivity contribution is 0.794. The minimum Gasteiger partial charge on any atom is -0.309 e. The zero-order chi connectivity index (χ0) is 35.4. The molecule has 54 heavy (non-hydrogen) atoms. The summed E-state index contributed by atoms with van der Waals surface area (Å²) in [4.78, 5) is 2.57. The van der Waals surface area contributed by atoms with Crippen LogP contribution in [0.25, 0.3) is 65.7 Å².